The molecule has 0 saturated carbocycles. The van der Waals surface area contributed by atoms with E-state index >= 15 is 0 Å². The number of likely N-dealkylation sites (tertiary alicyclic amines) is 1. The number of aliphatic hydroxyl groups is 1. The van der Waals surface area contributed by atoms with Gasteiger partial charge in [-0.05, 0) is 39.3 Å². The van der Waals surface area contributed by atoms with E-state index in [-0.39, 0.29) is 17.9 Å². The van der Waals surface area contributed by atoms with Gasteiger partial charge in [0.05, 0.1) is 31.0 Å². The third kappa shape index (κ3) is 6.72. The first kappa shape index (κ1) is 23.6. The molecule has 2 atom stereocenters. The van der Waals surface area contributed by atoms with Gasteiger partial charge in [-0.3, -0.25) is 4.79 Å². The van der Waals surface area contributed by atoms with Gasteiger partial charge in [-0.25, -0.2) is 0 Å². The maximum absolute atomic E-state index is 13.0. The van der Waals surface area contributed by atoms with Crippen molar-refractivity contribution in [3.63, 3.8) is 0 Å². The average molecular weight is 436 g/mol. The van der Waals surface area contributed by atoms with Crippen molar-refractivity contribution in [2.75, 3.05) is 58.4 Å². The summed E-state index contributed by atoms with van der Waals surface area (Å²) in [6.45, 7) is 8.80. The standard InChI is InChI=1S/C23H37N3O5/c1-16(2)29-9-4-7-26-8-6-17(20(27)15-26)14-25-23(28)19-12-18(24-3)13-21-22(19)31-11-5-10-30-21/h12-13,16-17,20,24,27H,4-11,14-15H2,1-3H3,(H,25,28)/t17-,20?/m0/s1. The molecule has 174 valence electrons. The first-order valence-corrected chi connectivity index (χ1v) is 11.4. The fourth-order valence-electron chi connectivity index (χ4n) is 4.00. The van der Waals surface area contributed by atoms with Crippen molar-refractivity contribution < 1.29 is 24.1 Å². The molecule has 1 aromatic carbocycles. The Hall–Kier alpha value is -2.03. The number of rotatable bonds is 9. The first-order valence-electron chi connectivity index (χ1n) is 11.4. The minimum Gasteiger partial charge on any atom is -0.489 e. The lowest BCUT2D eigenvalue weighted by Crippen LogP contribution is -2.48. The van der Waals surface area contributed by atoms with Crippen LogP contribution in [0.2, 0.25) is 0 Å². The Morgan fingerprint density at radius 2 is 2.13 bits per heavy atom. The van der Waals surface area contributed by atoms with E-state index in [0.717, 1.165) is 44.6 Å². The number of hydrogen-bond donors (Lipinski definition) is 3. The van der Waals surface area contributed by atoms with Crippen molar-refractivity contribution in [1.29, 1.82) is 0 Å². The van der Waals surface area contributed by atoms with E-state index in [1.165, 1.54) is 0 Å². The predicted octanol–water partition coefficient (Wildman–Crippen LogP) is 2.12. The van der Waals surface area contributed by atoms with Crippen LogP contribution in [0.1, 0.15) is 43.5 Å². The molecule has 31 heavy (non-hydrogen) atoms. The fourth-order valence-corrected chi connectivity index (χ4v) is 4.00. The van der Waals surface area contributed by atoms with Gasteiger partial charge in [0.15, 0.2) is 11.5 Å². The Morgan fingerprint density at radius 1 is 1.32 bits per heavy atom. The molecule has 1 saturated heterocycles. The number of ether oxygens (including phenoxy) is 3. The molecule has 1 amide bonds. The second kappa shape index (κ2) is 11.5. The maximum atomic E-state index is 13.0. The third-order valence-corrected chi connectivity index (χ3v) is 5.78. The molecular formula is C23H37N3O5. The number of benzene rings is 1. The minimum atomic E-state index is -0.458. The Morgan fingerprint density at radius 3 is 2.87 bits per heavy atom. The fraction of sp³-hybridized carbons (Fsp3) is 0.696. The lowest BCUT2D eigenvalue weighted by molar-refractivity contribution is 0.0145. The molecule has 0 aliphatic carbocycles. The zero-order valence-electron chi connectivity index (χ0n) is 19.0. The van der Waals surface area contributed by atoms with E-state index in [1.54, 1.807) is 13.1 Å². The molecular weight excluding hydrogens is 398 g/mol. The Kier molecular flexibility index (Phi) is 8.80. The smallest absolute Gasteiger partial charge is 0.255 e. The van der Waals surface area contributed by atoms with E-state index in [1.807, 2.05) is 19.9 Å². The van der Waals surface area contributed by atoms with E-state index < -0.39 is 6.10 Å². The second-order valence-electron chi connectivity index (χ2n) is 8.55. The number of carbonyl (C=O) groups excluding carboxylic acids is 1. The van der Waals surface area contributed by atoms with Gasteiger partial charge < -0.3 is 34.9 Å². The molecule has 0 bridgehead atoms. The summed E-state index contributed by atoms with van der Waals surface area (Å²) in [4.78, 5) is 15.2. The van der Waals surface area contributed by atoms with Gasteiger partial charge in [0.25, 0.3) is 5.91 Å². The summed E-state index contributed by atoms with van der Waals surface area (Å²) in [5, 5.41) is 16.7. The average Bonchev–Trinajstić information content (AvgIpc) is 3.00. The highest BCUT2D eigenvalue weighted by atomic mass is 16.5. The Bertz CT molecular complexity index is 727. The Labute approximate surface area is 185 Å². The normalized spacial score (nSPS) is 21.6. The third-order valence-electron chi connectivity index (χ3n) is 5.78. The molecule has 0 radical (unpaired) electrons. The molecule has 3 N–H and O–H groups in total. The van der Waals surface area contributed by atoms with E-state index in [2.05, 4.69) is 15.5 Å². The van der Waals surface area contributed by atoms with Gasteiger partial charge in [-0.15, -0.1) is 0 Å². The number of piperidine rings is 1. The zero-order chi connectivity index (χ0) is 22.2. The molecule has 1 aromatic rings. The molecule has 8 nitrogen and oxygen atoms in total. The van der Waals surface area contributed by atoms with Crippen LogP contribution < -0.4 is 20.1 Å². The summed E-state index contributed by atoms with van der Waals surface area (Å²) < 4.78 is 17.2. The lowest BCUT2D eigenvalue weighted by Gasteiger charge is -2.36. The van der Waals surface area contributed by atoms with Crippen LogP contribution in [0.5, 0.6) is 11.5 Å². The molecule has 1 unspecified atom stereocenters. The summed E-state index contributed by atoms with van der Waals surface area (Å²) in [5.74, 6) is 0.909. The molecule has 0 aromatic heterocycles. The van der Waals surface area contributed by atoms with Crippen molar-refractivity contribution in [3.05, 3.63) is 17.7 Å². The number of anilines is 1. The number of aliphatic hydroxyl groups excluding tert-OH is 1. The maximum Gasteiger partial charge on any atom is 0.255 e. The van der Waals surface area contributed by atoms with E-state index in [0.29, 0.717) is 43.4 Å². The van der Waals surface area contributed by atoms with Crippen molar-refractivity contribution in [1.82, 2.24) is 10.2 Å². The SMILES string of the molecule is CNc1cc2c(c(C(=O)NC[C@@H]3CCN(CCCOC(C)C)CC3O)c1)OCCCO2. The molecule has 1 fully saturated rings. The topological polar surface area (TPSA) is 92.3 Å². The number of hydrogen-bond acceptors (Lipinski definition) is 7. The predicted molar refractivity (Wildman–Crippen MR) is 120 cm³/mol. The number of nitrogens with one attached hydrogen (secondary N) is 2. The van der Waals surface area contributed by atoms with E-state index in [9.17, 15) is 9.90 Å². The summed E-state index contributed by atoms with van der Waals surface area (Å²) in [7, 11) is 1.81. The van der Waals surface area contributed by atoms with Gasteiger partial charge >= 0.3 is 0 Å². The van der Waals surface area contributed by atoms with Crippen molar-refractivity contribution in [2.45, 2.75) is 45.3 Å². The van der Waals surface area contributed by atoms with Gasteiger partial charge in [0, 0.05) is 57.4 Å². The molecule has 2 aliphatic rings. The van der Waals surface area contributed by atoms with Crippen molar-refractivity contribution in [3.8, 4) is 11.5 Å². The van der Waals surface area contributed by atoms with Gasteiger partial charge in [-0.2, -0.15) is 0 Å². The first-order chi connectivity index (χ1) is 15.0. The van der Waals surface area contributed by atoms with Crippen LogP contribution in [0.3, 0.4) is 0 Å². The van der Waals surface area contributed by atoms with Crippen LogP contribution >= 0.6 is 0 Å². The highest BCUT2D eigenvalue weighted by Crippen LogP contribution is 2.36. The summed E-state index contributed by atoms with van der Waals surface area (Å²) in [5.41, 5.74) is 1.25. The van der Waals surface area contributed by atoms with Gasteiger partial charge in [0.2, 0.25) is 0 Å². The molecule has 2 heterocycles. The summed E-state index contributed by atoms with van der Waals surface area (Å²) in [6.07, 6.45) is 2.38. The Balaban J connectivity index is 1.52. The van der Waals surface area contributed by atoms with Gasteiger partial charge in [0.1, 0.15) is 0 Å². The van der Waals surface area contributed by atoms with Crippen LogP contribution in [0, 0.1) is 5.92 Å². The number of amides is 1. The summed E-state index contributed by atoms with van der Waals surface area (Å²) in [6, 6.07) is 3.63. The van der Waals surface area contributed by atoms with Crippen LogP contribution in [-0.2, 0) is 4.74 Å². The van der Waals surface area contributed by atoms with Crippen molar-refractivity contribution >= 4 is 11.6 Å². The highest BCUT2D eigenvalue weighted by Gasteiger charge is 2.28. The van der Waals surface area contributed by atoms with Crippen LogP contribution in [0.15, 0.2) is 12.1 Å². The molecule has 3 rings (SSSR count). The van der Waals surface area contributed by atoms with Crippen molar-refractivity contribution in [2.24, 2.45) is 5.92 Å². The number of β-amino-alcohol motifs (C(OH)–C–C–N with tert-alkyl or cyclic N) is 1. The summed E-state index contributed by atoms with van der Waals surface area (Å²) >= 11 is 0. The van der Waals surface area contributed by atoms with Crippen LogP contribution in [-0.4, -0.2) is 81.2 Å². The minimum absolute atomic E-state index is 0.0374. The van der Waals surface area contributed by atoms with E-state index in [4.69, 9.17) is 14.2 Å². The quantitative estimate of drug-likeness (QED) is 0.512. The molecule has 2 aliphatic heterocycles. The van der Waals surface area contributed by atoms with Gasteiger partial charge in [-0.1, -0.05) is 0 Å². The molecule has 8 heteroatoms. The largest absolute Gasteiger partial charge is 0.489 e. The zero-order valence-corrected chi connectivity index (χ0v) is 19.0. The van der Waals surface area contributed by atoms with Crippen LogP contribution in [0.4, 0.5) is 5.69 Å². The number of nitrogens with zero attached hydrogens (tertiary/aromatic N) is 1. The second-order valence-corrected chi connectivity index (χ2v) is 8.55. The lowest BCUT2D eigenvalue weighted by atomic mass is 9.93. The number of fused-ring (bicyclic) bond motifs is 1. The monoisotopic (exact) mass is 435 g/mol. The number of carbonyl (C=O) groups is 1. The molecule has 0 spiro atoms. The van der Waals surface area contributed by atoms with Crippen LogP contribution in [0.25, 0.3) is 0 Å². The highest BCUT2D eigenvalue weighted by molar-refractivity contribution is 5.99.